The molecule has 1 saturated heterocycles. The summed E-state index contributed by atoms with van der Waals surface area (Å²) in [5, 5.41) is 5.07. The zero-order chi connectivity index (χ0) is 22.2. The molecule has 4 aromatic rings. The maximum absolute atomic E-state index is 13.6. The van der Waals surface area contributed by atoms with E-state index in [1.807, 2.05) is 55.1 Å². The monoisotopic (exact) mass is 445 g/mol. The highest BCUT2D eigenvalue weighted by Gasteiger charge is 2.33. The number of pyridine rings is 1. The van der Waals surface area contributed by atoms with Gasteiger partial charge in [-0.3, -0.25) is 9.78 Å². The molecule has 3 aromatic heterocycles. The number of halogens is 1. The molecule has 32 heavy (non-hydrogen) atoms. The number of carbonyl (C=O) groups is 1. The number of amides is 1. The molecule has 0 unspecified atom stereocenters. The second-order valence-corrected chi connectivity index (χ2v) is 8.76. The summed E-state index contributed by atoms with van der Waals surface area (Å²) in [6.45, 7) is 4.59. The topological polar surface area (TPSA) is 63.4 Å². The van der Waals surface area contributed by atoms with Crippen molar-refractivity contribution in [2.24, 2.45) is 0 Å². The molecule has 5 rings (SSSR count). The van der Waals surface area contributed by atoms with E-state index in [4.69, 9.17) is 16.6 Å². The molecule has 1 atom stereocenters. The van der Waals surface area contributed by atoms with Gasteiger partial charge in [-0.05, 0) is 68.5 Å². The van der Waals surface area contributed by atoms with E-state index >= 15 is 0 Å². The molecule has 1 aliphatic heterocycles. The summed E-state index contributed by atoms with van der Waals surface area (Å²) in [4.78, 5) is 24.8. The smallest absolute Gasteiger partial charge is 0.273 e. The largest absolute Gasteiger partial charge is 0.329 e. The van der Waals surface area contributed by atoms with Gasteiger partial charge >= 0.3 is 0 Å². The van der Waals surface area contributed by atoms with Crippen molar-refractivity contribution in [2.45, 2.75) is 39.2 Å². The van der Waals surface area contributed by atoms with Crippen LogP contribution in [0.15, 0.2) is 54.7 Å². The summed E-state index contributed by atoms with van der Waals surface area (Å²) in [6, 6.07) is 15.7. The zero-order valence-electron chi connectivity index (χ0n) is 18.1. The molecule has 0 aliphatic carbocycles. The van der Waals surface area contributed by atoms with Gasteiger partial charge in [0.25, 0.3) is 5.91 Å². The summed E-state index contributed by atoms with van der Waals surface area (Å²) < 4.78 is 1.62. The number of fused-ring (bicyclic) bond motifs is 1. The van der Waals surface area contributed by atoms with Crippen LogP contribution in [-0.2, 0) is 6.42 Å². The fraction of sp³-hybridized carbons (Fsp3) is 0.280. The predicted octanol–water partition coefficient (Wildman–Crippen LogP) is 4.96. The van der Waals surface area contributed by atoms with Crippen LogP contribution in [0, 0.1) is 13.8 Å². The number of carbonyl (C=O) groups excluding carboxylic acids is 1. The molecule has 0 spiro atoms. The van der Waals surface area contributed by atoms with Gasteiger partial charge in [0, 0.05) is 29.0 Å². The number of hydrogen-bond donors (Lipinski definition) is 0. The van der Waals surface area contributed by atoms with Crippen LogP contribution in [0.5, 0.6) is 0 Å². The fourth-order valence-corrected chi connectivity index (χ4v) is 4.76. The Morgan fingerprint density at radius 2 is 1.91 bits per heavy atom. The molecule has 1 amide bonds. The Morgan fingerprint density at radius 3 is 2.75 bits per heavy atom. The summed E-state index contributed by atoms with van der Waals surface area (Å²) in [6.07, 6.45) is 4.23. The van der Waals surface area contributed by atoms with Crippen molar-refractivity contribution >= 4 is 23.2 Å². The third kappa shape index (κ3) is 3.86. The molecular formula is C25H24ClN5O. The minimum absolute atomic E-state index is 0.0392. The molecule has 0 N–H and O–H groups in total. The van der Waals surface area contributed by atoms with Crippen molar-refractivity contribution in [3.63, 3.8) is 0 Å². The maximum Gasteiger partial charge on any atom is 0.273 e. The molecule has 162 valence electrons. The Kier molecular flexibility index (Phi) is 5.39. The molecule has 0 radical (unpaired) electrons. The Bertz CT molecular complexity index is 1310. The van der Waals surface area contributed by atoms with Gasteiger partial charge < -0.3 is 4.90 Å². The van der Waals surface area contributed by atoms with Crippen LogP contribution in [0.2, 0.25) is 5.02 Å². The number of rotatable bonds is 4. The van der Waals surface area contributed by atoms with E-state index in [2.05, 4.69) is 22.2 Å². The molecule has 0 saturated carbocycles. The summed E-state index contributed by atoms with van der Waals surface area (Å²) in [5.74, 6) is -0.0392. The lowest BCUT2D eigenvalue weighted by Gasteiger charge is -2.25. The minimum atomic E-state index is -0.0634. The first-order valence-electron chi connectivity index (χ1n) is 10.8. The van der Waals surface area contributed by atoms with Gasteiger partial charge in [0.15, 0.2) is 5.65 Å². The lowest BCUT2D eigenvalue weighted by Crippen LogP contribution is -2.32. The number of hydrogen-bond acceptors (Lipinski definition) is 4. The van der Waals surface area contributed by atoms with Crippen molar-refractivity contribution in [1.82, 2.24) is 24.5 Å². The number of aryl methyl sites for hydroxylation is 2. The minimum Gasteiger partial charge on any atom is -0.329 e. The lowest BCUT2D eigenvalue weighted by molar-refractivity contribution is 0.0723. The first-order chi connectivity index (χ1) is 15.5. The Hall–Kier alpha value is -3.25. The second kappa shape index (κ2) is 8.36. The maximum atomic E-state index is 13.6. The van der Waals surface area contributed by atoms with Gasteiger partial charge in [-0.1, -0.05) is 29.8 Å². The lowest BCUT2D eigenvalue weighted by atomic mass is 10.0. The highest BCUT2D eigenvalue weighted by atomic mass is 35.5. The van der Waals surface area contributed by atoms with Gasteiger partial charge in [-0.25, -0.2) is 9.50 Å². The van der Waals surface area contributed by atoms with E-state index in [1.54, 1.807) is 10.7 Å². The van der Waals surface area contributed by atoms with E-state index in [9.17, 15) is 4.79 Å². The highest BCUT2D eigenvalue weighted by Crippen LogP contribution is 2.33. The van der Waals surface area contributed by atoms with Gasteiger partial charge in [0.2, 0.25) is 0 Å². The van der Waals surface area contributed by atoms with Crippen molar-refractivity contribution in [1.29, 1.82) is 0 Å². The van der Waals surface area contributed by atoms with Crippen molar-refractivity contribution in [3.05, 3.63) is 93.7 Å². The third-order valence-corrected chi connectivity index (χ3v) is 6.32. The van der Waals surface area contributed by atoms with Crippen LogP contribution < -0.4 is 0 Å². The van der Waals surface area contributed by atoms with E-state index in [0.717, 1.165) is 52.5 Å². The standard InChI is InChI=1S/C25H24ClN5O/c1-16-12-18(14-19-6-3-4-7-20(19)26)15-21(28-16)22-8-5-11-30(22)25(32)23-13-17(2)29-24-9-10-27-31(23)24/h3-4,6-7,9-10,12-13,15,22H,5,8,11,14H2,1-2H3/t22-/m1/s1. The number of likely N-dealkylation sites (tertiary alicyclic amines) is 1. The van der Waals surface area contributed by atoms with Crippen molar-refractivity contribution < 1.29 is 4.79 Å². The van der Waals surface area contributed by atoms with Gasteiger partial charge in [-0.2, -0.15) is 5.10 Å². The SMILES string of the molecule is Cc1cc(Cc2ccccc2Cl)cc([C@H]2CCCN2C(=O)c2cc(C)nc3ccnn23)n1. The van der Waals surface area contributed by atoms with Gasteiger partial charge in [0.05, 0.1) is 17.9 Å². The van der Waals surface area contributed by atoms with E-state index < -0.39 is 0 Å². The molecule has 7 heteroatoms. The first-order valence-corrected chi connectivity index (χ1v) is 11.2. The number of benzene rings is 1. The van der Waals surface area contributed by atoms with Crippen LogP contribution in [0.1, 0.15) is 57.6 Å². The quantitative estimate of drug-likeness (QED) is 0.445. The van der Waals surface area contributed by atoms with Gasteiger partial charge in [0.1, 0.15) is 5.69 Å². The normalized spacial score (nSPS) is 16.1. The fourth-order valence-electron chi connectivity index (χ4n) is 4.56. The molecule has 0 bridgehead atoms. The highest BCUT2D eigenvalue weighted by molar-refractivity contribution is 6.31. The molecule has 1 aromatic carbocycles. The van der Waals surface area contributed by atoms with Crippen molar-refractivity contribution in [3.8, 4) is 0 Å². The Labute approximate surface area is 191 Å². The summed E-state index contributed by atoms with van der Waals surface area (Å²) >= 11 is 6.38. The van der Waals surface area contributed by atoms with E-state index in [1.165, 1.54) is 0 Å². The first kappa shape index (κ1) is 20.6. The second-order valence-electron chi connectivity index (χ2n) is 8.35. The van der Waals surface area contributed by atoms with E-state index in [-0.39, 0.29) is 11.9 Å². The molecule has 4 heterocycles. The number of nitrogens with zero attached hydrogens (tertiary/aromatic N) is 5. The molecule has 1 aliphatic rings. The van der Waals surface area contributed by atoms with Crippen molar-refractivity contribution in [2.75, 3.05) is 6.54 Å². The van der Waals surface area contributed by atoms with Crippen LogP contribution >= 0.6 is 11.6 Å². The summed E-state index contributed by atoms with van der Waals surface area (Å²) in [5.41, 5.74) is 6.12. The van der Waals surface area contributed by atoms with Crippen LogP contribution in [0.4, 0.5) is 0 Å². The average molecular weight is 446 g/mol. The van der Waals surface area contributed by atoms with Crippen LogP contribution in [0.3, 0.4) is 0 Å². The number of aromatic nitrogens is 4. The van der Waals surface area contributed by atoms with E-state index in [0.29, 0.717) is 17.9 Å². The molecule has 6 nitrogen and oxygen atoms in total. The molecular weight excluding hydrogens is 422 g/mol. The van der Waals surface area contributed by atoms with Crippen LogP contribution in [-0.4, -0.2) is 36.9 Å². The van der Waals surface area contributed by atoms with Crippen LogP contribution in [0.25, 0.3) is 5.65 Å². The zero-order valence-corrected chi connectivity index (χ0v) is 18.9. The summed E-state index contributed by atoms with van der Waals surface area (Å²) in [7, 11) is 0. The Balaban J connectivity index is 1.48. The average Bonchev–Trinajstić information content (AvgIpc) is 3.43. The molecule has 1 fully saturated rings. The third-order valence-electron chi connectivity index (χ3n) is 5.95. The predicted molar refractivity (Wildman–Crippen MR) is 124 cm³/mol. The van der Waals surface area contributed by atoms with Gasteiger partial charge in [-0.15, -0.1) is 0 Å². The Morgan fingerprint density at radius 1 is 1.09 bits per heavy atom.